The van der Waals surface area contributed by atoms with Gasteiger partial charge in [0.15, 0.2) is 5.65 Å². The zero-order chi connectivity index (χ0) is 17.0. The number of aromatic amines is 1. The molecule has 1 saturated heterocycles. The van der Waals surface area contributed by atoms with Crippen LogP contribution < -0.4 is 5.69 Å². The van der Waals surface area contributed by atoms with Gasteiger partial charge < -0.3 is 4.90 Å². The fraction of sp³-hybridized carbons (Fsp3) is 0.385. The molecule has 0 aromatic carbocycles. The molecule has 3 heterocycles. The van der Waals surface area contributed by atoms with Crippen LogP contribution in [-0.2, 0) is 0 Å². The first-order valence-corrected chi connectivity index (χ1v) is 7.88. The lowest BCUT2D eigenvalue weighted by atomic mass is 10.1. The Morgan fingerprint density at radius 2 is 1.83 bits per heavy atom. The maximum absolute atomic E-state index is 12.0. The highest BCUT2D eigenvalue weighted by molar-refractivity contribution is 6.93. The summed E-state index contributed by atoms with van der Waals surface area (Å²) in [6.45, 7) is 1.15. The number of rotatable bonds is 1. The standard InChI is InChI=1S/C12H13ClN4O2.CCl2O/c13-11(18)16-6-3-8(4-7-16)17-9-2-1-5-14-10(9)15-12(17)19;2-1(3)4/h1-2,5,8H,3-4,6-7H2,(H,14,15,19);. The number of pyridine rings is 1. The number of hydrogen-bond donors (Lipinski definition) is 1. The number of carbonyl (C=O) groups is 2. The summed E-state index contributed by atoms with van der Waals surface area (Å²) in [6.07, 6.45) is 3.10. The van der Waals surface area contributed by atoms with E-state index in [2.05, 4.69) is 33.2 Å². The predicted octanol–water partition coefficient (Wildman–Crippen LogP) is 3.30. The van der Waals surface area contributed by atoms with Gasteiger partial charge >= 0.3 is 15.8 Å². The van der Waals surface area contributed by atoms with E-state index in [-0.39, 0.29) is 11.7 Å². The fourth-order valence-corrected chi connectivity index (χ4v) is 2.79. The van der Waals surface area contributed by atoms with E-state index < -0.39 is 10.1 Å². The monoisotopic (exact) mass is 378 g/mol. The summed E-state index contributed by atoms with van der Waals surface area (Å²) in [5.41, 5.74) is 1.26. The molecule has 1 fully saturated rings. The molecule has 0 spiro atoms. The average Bonchev–Trinajstić information content (AvgIpc) is 2.82. The van der Waals surface area contributed by atoms with E-state index in [9.17, 15) is 9.59 Å². The molecule has 1 aliphatic rings. The number of likely N-dealkylation sites (tertiary alicyclic amines) is 1. The van der Waals surface area contributed by atoms with Crippen LogP contribution in [0.4, 0.5) is 9.59 Å². The molecule has 0 aliphatic carbocycles. The lowest BCUT2D eigenvalue weighted by Gasteiger charge is -2.30. The number of nitrogens with zero attached hydrogens (tertiary/aromatic N) is 3. The van der Waals surface area contributed by atoms with Crippen molar-refractivity contribution in [1.82, 2.24) is 19.4 Å². The maximum Gasteiger partial charge on any atom is 0.327 e. The number of halogens is 3. The quantitative estimate of drug-likeness (QED) is 0.608. The number of amides is 1. The molecule has 23 heavy (non-hydrogen) atoms. The third-order valence-electron chi connectivity index (χ3n) is 3.57. The molecule has 0 unspecified atom stereocenters. The predicted molar refractivity (Wildman–Crippen MR) is 88.5 cm³/mol. The Morgan fingerprint density at radius 3 is 2.39 bits per heavy atom. The summed E-state index contributed by atoms with van der Waals surface area (Å²) in [7, 11) is 0. The molecule has 124 valence electrons. The molecule has 7 nitrogen and oxygen atoms in total. The van der Waals surface area contributed by atoms with Crippen LogP contribution >= 0.6 is 34.8 Å². The molecule has 1 amide bonds. The van der Waals surface area contributed by atoms with Crippen LogP contribution in [-0.4, -0.2) is 42.6 Å². The topological polar surface area (TPSA) is 88.1 Å². The molecule has 0 saturated carbocycles. The van der Waals surface area contributed by atoms with E-state index in [1.807, 2.05) is 12.1 Å². The molecule has 2 aromatic rings. The number of H-pyrrole nitrogens is 1. The highest BCUT2D eigenvalue weighted by Crippen LogP contribution is 2.24. The second kappa shape index (κ2) is 7.81. The first kappa shape index (κ1) is 17.8. The number of imidazole rings is 1. The van der Waals surface area contributed by atoms with Gasteiger partial charge in [-0.05, 0) is 59.8 Å². The van der Waals surface area contributed by atoms with Crippen LogP contribution in [0.25, 0.3) is 11.2 Å². The van der Waals surface area contributed by atoms with E-state index in [0.717, 1.165) is 18.4 Å². The normalized spacial score (nSPS) is 15.2. The van der Waals surface area contributed by atoms with Crippen molar-refractivity contribution in [3.63, 3.8) is 0 Å². The summed E-state index contributed by atoms with van der Waals surface area (Å²) in [5.74, 6) is 0. The van der Waals surface area contributed by atoms with Gasteiger partial charge in [-0.3, -0.25) is 19.1 Å². The molecule has 0 radical (unpaired) electrons. The van der Waals surface area contributed by atoms with E-state index in [1.54, 1.807) is 15.7 Å². The summed E-state index contributed by atoms with van der Waals surface area (Å²) >= 11 is 14.3. The minimum absolute atomic E-state index is 0.0812. The number of fused-ring (bicyclic) bond motifs is 1. The molecular weight excluding hydrogens is 367 g/mol. The third-order valence-corrected chi connectivity index (χ3v) is 3.81. The maximum atomic E-state index is 12.0. The van der Waals surface area contributed by atoms with Crippen molar-refractivity contribution in [1.29, 1.82) is 0 Å². The molecule has 0 atom stereocenters. The van der Waals surface area contributed by atoms with Gasteiger partial charge in [0.25, 0.3) is 0 Å². The van der Waals surface area contributed by atoms with Crippen molar-refractivity contribution in [2.24, 2.45) is 0 Å². The van der Waals surface area contributed by atoms with Crippen LogP contribution in [0, 0.1) is 0 Å². The zero-order valence-electron chi connectivity index (χ0n) is 11.8. The Labute approximate surface area is 146 Å². The summed E-state index contributed by atoms with van der Waals surface area (Å²) < 4.78 is 0.846. The molecule has 0 bridgehead atoms. The number of nitrogens with one attached hydrogen (secondary N) is 1. The van der Waals surface area contributed by atoms with E-state index >= 15 is 0 Å². The second-order valence-corrected chi connectivity index (χ2v) is 6.07. The van der Waals surface area contributed by atoms with Crippen LogP contribution in [0.3, 0.4) is 0 Å². The van der Waals surface area contributed by atoms with Crippen molar-refractivity contribution >= 4 is 56.0 Å². The van der Waals surface area contributed by atoms with Gasteiger partial charge in [0, 0.05) is 25.3 Å². The van der Waals surface area contributed by atoms with E-state index in [0.29, 0.717) is 18.7 Å². The van der Waals surface area contributed by atoms with Crippen LogP contribution in [0.15, 0.2) is 23.1 Å². The Morgan fingerprint density at radius 1 is 1.22 bits per heavy atom. The minimum Gasteiger partial charge on any atom is -0.329 e. The van der Waals surface area contributed by atoms with E-state index in [1.165, 1.54) is 0 Å². The lowest BCUT2D eigenvalue weighted by Crippen LogP contribution is -2.38. The van der Waals surface area contributed by atoms with E-state index in [4.69, 9.17) is 16.4 Å². The summed E-state index contributed by atoms with van der Waals surface area (Å²) in [6, 6.07) is 3.76. The van der Waals surface area contributed by atoms with Gasteiger partial charge in [0.05, 0.1) is 5.52 Å². The number of piperidine rings is 1. The zero-order valence-corrected chi connectivity index (χ0v) is 14.1. The number of hydrogen-bond acceptors (Lipinski definition) is 4. The Kier molecular flexibility index (Phi) is 6.04. The van der Waals surface area contributed by atoms with Crippen LogP contribution in [0.5, 0.6) is 0 Å². The first-order chi connectivity index (χ1) is 10.9. The lowest BCUT2D eigenvalue weighted by molar-refractivity contribution is 0.193. The van der Waals surface area contributed by atoms with Crippen molar-refractivity contribution < 1.29 is 9.59 Å². The number of aromatic nitrogens is 3. The highest BCUT2D eigenvalue weighted by atomic mass is 35.5. The molecular formula is C13H13Cl3N4O3. The van der Waals surface area contributed by atoms with Gasteiger partial charge in [-0.15, -0.1) is 0 Å². The average molecular weight is 380 g/mol. The smallest absolute Gasteiger partial charge is 0.327 e. The summed E-state index contributed by atoms with van der Waals surface area (Å²) in [4.78, 5) is 40.5. The largest absolute Gasteiger partial charge is 0.329 e. The minimum atomic E-state index is -0.889. The van der Waals surface area contributed by atoms with Crippen LogP contribution in [0.2, 0.25) is 0 Å². The van der Waals surface area contributed by atoms with Gasteiger partial charge in [-0.1, -0.05) is 0 Å². The molecule has 10 heteroatoms. The fourth-order valence-electron chi connectivity index (χ4n) is 2.62. The Bertz CT molecular complexity index is 761. The Hall–Kier alpha value is -1.57. The number of carbonyl (C=O) groups excluding carboxylic acids is 2. The highest BCUT2D eigenvalue weighted by Gasteiger charge is 2.25. The molecule has 3 rings (SSSR count). The Balaban J connectivity index is 0.000000433. The van der Waals surface area contributed by atoms with Crippen molar-refractivity contribution in [3.8, 4) is 0 Å². The molecule has 1 aliphatic heterocycles. The van der Waals surface area contributed by atoms with Gasteiger partial charge in [-0.25, -0.2) is 9.78 Å². The van der Waals surface area contributed by atoms with Crippen LogP contribution in [0.1, 0.15) is 18.9 Å². The van der Waals surface area contributed by atoms with Crippen molar-refractivity contribution in [2.75, 3.05) is 13.1 Å². The SMILES string of the molecule is O=C(Cl)Cl.O=C(Cl)N1CCC(n2c(=O)[nH]c3ncccc32)CC1. The van der Waals surface area contributed by atoms with Gasteiger partial charge in [-0.2, -0.15) is 0 Å². The summed E-state index contributed by atoms with van der Waals surface area (Å²) in [5, 5.41) is -0.425. The van der Waals surface area contributed by atoms with Gasteiger partial charge in [0.2, 0.25) is 0 Å². The van der Waals surface area contributed by atoms with Gasteiger partial charge in [0.1, 0.15) is 0 Å². The third kappa shape index (κ3) is 4.46. The first-order valence-electron chi connectivity index (χ1n) is 6.74. The second-order valence-electron chi connectivity index (χ2n) is 4.87. The van der Waals surface area contributed by atoms with Crippen molar-refractivity contribution in [3.05, 3.63) is 28.8 Å². The molecule has 1 N–H and O–H groups in total. The molecule has 2 aromatic heterocycles. The van der Waals surface area contributed by atoms with Crippen molar-refractivity contribution in [2.45, 2.75) is 18.9 Å².